The van der Waals surface area contributed by atoms with Crippen molar-refractivity contribution >= 4 is 39.3 Å². The molecule has 1 aliphatic rings. The molecule has 0 aliphatic carbocycles. The van der Waals surface area contributed by atoms with E-state index in [4.69, 9.17) is 11.6 Å². The Bertz CT molecular complexity index is 977. The smallest absolute Gasteiger partial charge is 0.243 e. The summed E-state index contributed by atoms with van der Waals surface area (Å²) in [6.07, 6.45) is 0. The second-order valence-electron chi connectivity index (χ2n) is 6.41. The summed E-state index contributed by atoms with van der Waals surface area (Å²) in [6, 6.07) is 11.2. The van der Waals surface area contributed by atoms with E-state index in [1.54, 1.807) is 4.90 Å². The topological polar surface area (TPSA) is 57.7 Å². The van der Waals surface area contributed by atoms with Gasteiger partial charge in [-0.25, -0.2) is 12.8 Å². The molecule has 1 saturated heterocycles. The van der Waals surface area contributed by atoms with E-state index in [2.05, 4.69) is 0 Å². The molecule has 0 spiro atoms. The molecular formula is C19H20ClFN2O3S2. The zero-order chi connectivity index (χ0) is 20.3. The number of benzene rings is 2. The lowest BCUT2D eigenvalue weighted by molar-refractivity contribution is -0.129. The fraction of sp³-hybridized carbons (Fsp3) is 0.316. The fourth-order valence-electron chi connectivity index (χ4n) is 2.91. The molecule has 0 unspecified atom stereocenters. The summed E-state index contributed by atoms with van der Waals surface area (Å²) in [6.45, 7) is 3.02. The number of halogens is 2. The highest BCUT2D eigenvalue weighted by atomic mass is 35.5. The second-order valence-corrected chi connectivity index (χ2v) is 9.78. The largest absolute Gasteiger partial charge is 0.339 e. The van der Waals surface area contributed by atoms with Crippen LogP contribution in [0, 0.1) is 12.7 Å². The molecule has 0 atom stereocenters. The Hall–Kier alpha value is -1.61. The third-order valence-electron chi connectivity index (χ3n) is 4.56. The van der Waals surface area contributed by atoms with Crippen molar-refractivity contribution in [2.75, 3.05) is 31.9 Å². The molecule has 150 valence electrons. The lowest BCUT2D eigenvalue weighted by atomic mass is 10.2. The van der Waals surface area contributed by atoms with Crippen LogP contribution in [0.25, 0.3) is 0 Å². The van der Waals surface area contributed by atoms with Gasteiger partial charge in [0.1, 0.15) is 5.82 Å². The highest BCUT2D eigenvalue weighted by Crippen LogP contribution is 2.24. The molecule has 3 rings (SSSR count). The number of hydrogen-bond donors (Lipinski definition) is 0. The predicted molar refractivity (Wildman–Crippen MR) is 109 cm³/mol. The zero-order valence-electron chi connectivity index (χ0n) is 15.3. The van der Waals surface area contributed by atoms with E-state index >= 15 is 0 Å². The van der Waals surface area contributed by atoms with Gasteiger partial charge in [-0.1, -0.05) is 29.8 Å². The van der Waals surface area contributed by atoms with Crippen LogP contribution in [-0.2, 0) is 14.8 Å². The summed E-state index contributed by atoms with van der Waals surface area (Å²) in [4.78, 5) is 15.2. The van der Waals surface area contributed by atoms with Gasteiger partial charge in [0.25, 0.3) is 0 Å². The monoisotopic (exact) mass is 442 g/mol. The van der Waals surface area contributed by atoms with Gasteiger partial charge in [-0.3, -0.25) is 4.79 Å². The average Bonchev–Trinajstić information content (AvgIpc) is 2.69. The van der Waals surface area contributed by atoms with Crippen molar-refractivity contribution in [3.63, 3.8) is 0 Å². The van der Waals surface area contributed by atoms with Gasteiger partial charge >= 0.3 is 0 Å². The SMILES string of the molecule is Cc1ccccc1SCC(=O)N1CCN(S(=O)(=O)c2ccc(F)c(Cl)c2)CC1. The summed E-state index contributed by atoms with van der Waals surface area (Å²) in [5, 5.41) is -0.233. The van der Waals surface area contributed by atoms with E-state index in [0.717, 1.165) is 22.6 Å². The van der Waals surface area contributed by atoms with E-state index in [-0.39, 0.29) is 28.9 Å². The zero-order valence-corrected chi connectivity index (χ0v) is 17.7. The third-order valence-corrected chi connectivity index (χ3v) is 7.91. The van der Waals surface area contributed by atoms with Gasteiger partial charge in [-0.05, 0) is 36.8 Å². The maximum atomic E-state index is 13.3. The van der Waals surface area contributed by atoms with Crippen molar-refractivity contribution in [3.05, 3.63) is 58.9 Å². The van der Waals surface area contributed by atoms with Crippen LogP contribution in [0.5, 0.6) is 0 Å². The first-order valence-corrected chi connectivity index (χ1v) is 11.5. The third kappa shape index (κ3) is 4.68. The van der Waals surface area contributed by atoms with Crippen molar-refractivity contribution in [1.82, 2.24) is 9.21 Å². The van der Waals surface area contributed by atoms with Gasteiger partial charge < -0.3 is 4.90 Å². The van der Waals surface area contributed by atoms with Crippen LogP contribution in [0.1, 0.15) is 5.56 Å². The standard InChI is InChI=1S/C19H20ClFN2O3S2/c1-14-4-2-3-5-18(14)27-13-19(24)22-8-10-23(11-9-22)28(25,26)15-6-7-17(21)16(20)12-15/h2-7,12H,8-11,13H2,1H3. The molecule has 0 radical (unpaired) electrons. The number of aryl methyl sites for hydroxylation is 1. The van der Waals surface area contributed by atoms with Crippen LogP contribution in [0.4, 0.5) is 4.39 Å². The molecule has 28 heavy (non-hydrogen) atoms. The maximum Gasteiger partial charge on any atom is 0.243 e. The van der Waals surface area contributed by atoms with Crippen LogP contribution < -0.4 is 0 Å². The Labute approximate surface area is 173 Å². The minimum atomic E-state index is -3.77. The lowest BCUT2D eigenvalue weighted by Crippen LogP contribution is -2.50. The number of hydrogen-bond acceptors (Lipinski definition) is 4. The van der Waals surface area contributed by atoms with Gasteiger partial charge in [-0.15, -0.1) is 11.8 Å². The summed E-state index contributed by atoms with van der Waals surface area (Å²) >= 11 is 7.19. The molecule has 0 saturated carbocycles. The Morgan fingerprint density at radius 2 is 1.82 bits per heavy atom. The minimum Gasteiger partial charge on any atom is -0.339 e. The molecule has 1 fully saturated rings. The molecule has 2 aromatic rings. The molecular weight excluding hydrogens is 423 g/mol. The summed E-state index contributed by atoms with van der Waals surface area (Å²) in [5.41, 5.74) is 1.12. The molecule has 1 heterocycles. The first kappa shape index (κ1) is 21.1. The first-order chi connectivity index (χ1) is 13.3. The molecule has 1 amide bonds. The Balaban J connectivity index is 1.58. The Morgan fingerprint density at radius 3 is 2.46 bits per heavy atom. The number of sulfonamides is 1. The molecule has 5 nitrogen and oxygen atoms in total. The van der Waals surface area contributed by atoms with Gasteiger partial charge in [-0.2, -0.15) is 4.31 Å². The summed E-state index contributed by atoms with van der Waals surface area (Å²) < 4.78 is 40.0. The Morgan fingerprint density at radius 1 is 1.14 bits per heavy atom. The van der Waals surface area contributed by atoms with E-state index in [9.17, 15) is 17.6 Å². The van der Waals surface area contributed by atoms with Gasteiger partial charge in [0, 0.05) is 31.1 Å². The van der Waals surface area contributed by atoms with Crippen LogP contribution in [0.2, 0.25) is 5.02 Å². The van der Waals surface area contributed by atoms with Crippen LogP contribution >= 0.6 is 23.4 Å². The van der Waals surface area contributed by atoms with Gasteiger partial charge in [0.2, 0.25) is 15.9 Å². The van der Waals surface area contributed by atoms with Crippen molar-refractivity contribution in [1.29, 1.82) is 0 Å². The number of thioether (sulfide) groups is 1. The lowest BCUT2D eigenvalue weighted by Gasteiger charge is -2.34. The maximum absolute atomic E-state index is 13.3. The quantitative estimate of drug-likeness (QED) is 0.666. The van der Waals surface area contributed by atoms with Crippen LogP contribution in [-0.4, -0.2) is 55.5 Å². The number of rotatable bonds is 5. The number of nitrogens with zero attached hydrogens (tertiary/aromatic N) is 2. The van der Waals surface area contributed by atoms with Crippen molar-refractivity contribution in [2.24, 2.45) is 0 Å². The minimum absolute atomic E-state index is 0.0184. The van der Waals surface area contributed by atoms with Gasteiger partial charge in [0.15, 0.2) is 0 Å². The van der Waals surface area contributed by atoms with Crippen LogP contribution in [0.3, 0.4) is 0 Å². The van der Waals surface area contributed by atoms with E-state index in [0.29, 0.717) is 18.8 Å². The molecule has 2 aromatic carbocycles. The number of carbonyl (C=O) groups is 1. The summed E-state index contributed by atoms with van der Waals surface area (Å²) in [5.74, 6) is -0.372. The highest BCUT2D eigenvalue weighted by Gasteiger charge is 2.30. The van der Waals surface area contributed by atoms with Crippen LogP contribution in [0.15, 0.2) is 52.3 Å². The summed E-state index contributed by atoms with van der Waals surface area (Å²) in [7, 11) is -3.77. The molecule has 0 bridgehead atoms. The first-order valence-electron chi connectivity index (χ1n) is 8.70. The second kappa shape index (κ2) is 8.82. The number of carbonyl (C=O) groups excluding carboxylic acids is 1. The van der Waals surface area contributed by atoms with E-state index in [1.165, 1.54) is 22.1 Å². The van der Waals surface area contributed by atoms with E-state index < -0.39 is 15.8 Å². The predicted octanol–water partition coefficient (Wildman–Crippen LogP) is 3.41. The molecule has 9 heteroatoms. The van der Waals surface area contributed by atoms with Crippen molar-refractivity contribution in [3.8, 4) is 0 Å². The number of piperazine rings is 1. The Kier molecular flexibility index (Phi) is 6.65. The number of amides is 1. The van der Waals surface area contributed by atoms with Crippen molar-refractivity contribution < 1.29 is 17.6 Å². The highest BCUT2D eigenvalue weighted by molar-refractivity contribution is 8.00. The molecule has 1 aliphatic heterocycles. The fourth-order valence-corrected chi connectivity index (χ4v) is 5.54. The van der Waals surface area contributed by atoms with Gasteiger partial charge in [0.05, 0.1) is 15.7 Å². The van der Waals surface area contributed by atoms with E-state index in [1.807, 2.05) is 31.2 Å². The normalized spacial score (nSPS) is 15.6. The van der Waals surface area contributed by atoms with Crippen molar-refractivity contribution in [2.45, 2.75) is 16.7 Å². The molecule has 0 aromatic heterocycles. The molecule has 0 N–H and O–H groups in total. The average molecular weight is 443 g/mol.